The van der Waals surface area contributed by atoms with Gasteiger partial charge in [0.1, 0.15) is 5.60 Å². The van der Waals surface area contributed by atoms with Crippen LogP contribution in [0.1, 0.15) is 26.5 Å². The highest BCUT2D eigenvalue weighted by molar-refractivity contribution is 6.16. The highest BCUT2D eigenvalue weighted by Crippen LogP contribution is 2.12. The van der Waals surface area contributed by atoms with Crippen LogP contribution < -0.4 is 4.74 Å². The van der Waals surface area contributed by atoms with Gasteiger partial charge in [0.15, 0.2) is 0 Å². The molecule has 0 atom stereocenters. The first-order valence-corrected chi connectivity index (χ1v) is 4.61. The Morgan fingerprint density at radius 3 is 2.69 bits per heavy atom. The molecule has 0 saturated heterocycles. The molecule has 0 saturated carbocycles. The smallest absolute Gasteiger partial charge is 0.317 e. The molecule has 0 radical (unpaired) electrons. The van der Waals surface area contributed by atoms with Crippen LogP contribution in [0.2, 0.25) is 0 Å². The van der Waals surface area contributed by atoms with Crippen LogP contribution >= 0.6 is 11.6 Å². The number of ether oxygens (including phenoxy) is 1. The summed E-state index contributed by atoms with van der Waals surface area (Å²) in [5.41, 5.74) is 0.501. The van der Waals surface area contributed by atoms with E-state index in [9.17, 15) is 0 Å². The van der Waals surface area contributed by atoms with E-state index in [4.69, 9.17) is 16.3 Å². The largest absolute Gasteiger partial charge is 0.458 e. The molecule has 0 unspecified atom stereocenters. The minimum atomic E-state index is -0.273. The van der Waals surface area contributed by atoms with Crippen LogP contribution in [0, 0.1) is 0 Å². The van der Waals surface area contributed by atoms with Crippen LogP contribution in [0.3, 0.4) is 0 Å². The van der Waals surface area contributed by atoms with Crippen LogP contribution in [0.25, 0.3) is 0 Å². The SMILES string of the molecule is CC(C)(C)Oc1nccc(CCl)n1. The van der Waals surface area contributed by atoms with E-state index < -0.39 is 0 Å². The maximum absolute atomic E-state index is 5.62. The molecule has 0 aliphatic rings. The summed E-state index contributed by atoms with van der Waals surface area (Å²) in [5, 5.41) is 0. The Balaban J connectivity index is 2.78. The third kappa shape index (κ3) is 3.59. The highest BCUT2D eigenvalue weighted by atomic mass is 35.5. The molecular weight excluding hydrogens is 188 g/mol. The number of hydrogen-bond acceptors (Lipinski definition) is 3. The van der Waals surface area contributed by atoms with E-state index in [1.807, 2.05) is 20.8 Å². The predicted molar refractivity (Wildman–Crippen MR) is 52.0 cm³/mol. The summed E-state index contributed by atoms with van der Waals surface area (Å²) < 4.78 is 5.46. The van der Waals surface area contributed by atoms with E-state index in [0.717, 1.165) is 5.69 Å². The van der Waals surface area contributed by atoms with Crippen LogP contribution in [0.4, 0.5) is 0 Å². The first kappa shape index (κ1) is 10.3. The molecular formula is C9H13ClN2O. The lowest BCUT2D eigenvalue weighted by atomic mass is 10.2. The van der Waals surface area contributed by atoms with Gasteiger partial charge < -0.3 is 4.74 Å². The molecule has 0 aliphatic heterocycles. The van der Waals surface area contributed by atoms with Crippen molar-refractivity contribution in [3.8, 4) is 6.01 Å². The molecule has 13 heavy (non-hydrogen) atoms. The van der Waals surface area contributed by atoms with Crippen molar-refractivity contribution in [1.82, 2.24) is 9.97 Å². The highest BCUT2D eigenvalue weighted by Gasteiger charge is 2.13. The second-order valence-corrected chi connectivity index (χ2v) is 3.95. The number of hydrogen-bond donors (Lipinski definition) is 0. The molecule has 72 valence electrons. The molecule has 0 amide bonds. The zero-order valence-electron chi connectivity index (χ0n) is 8.04. The van der Waals surface area contributed by atoms with Gasteiger partial charge in [-0.2, -0.15) is 4.98 Å². The molecule has 1 aromatic heterocycles. The van der Waals surface area contributed by atoms with Crippen molar-refractivity contribution >= 4 is 11.6 Å². The Labute approximate surface area is 83.1 Å². The molecule has 1 heterocycles. The Kier molecular flexibility index (Phi) is 3.09. The zero-order valence-corrected chi connectivity index (χ0v) is 8.80. The van der Waals surface area contributed by atoms with Gasteiger partial charge in [0, 0.05) is 6.20 Å². The van der Waals surface area contributed by atoms with Gasteiger partial charge >= 0.3 is 6.01 Å². The Hall–Kier alpha value is -0.830. The number of rotatable bonds is 2. The maximum Gasteiger partial charge on any atom is 0.317 e. The number of aromatic nitrogens is 2. The summed E-state index contributed by atoms with van der Waals surface area (Å²) in [6, 6.07) is 2.15. The van der Waals surface area contributed by atoms with Gasteiger partial charge in [-0.05, 0) is 26.8 Å². The second kappa shape index (κ2) is 3.92. The predicted octanol–water partition coefficient (Wildman–Crippen LogP) is 2.39. The van der Waals surface area contributed by atoms with Crippen LogP contribution in [0.15, 0.2) is 12.3 Å². The Bertz CT molecular complexity index is 283. The van der Waals surface area contributed by atoms with Gasteiger partial charge in [-0.3, -0.25) is 0 Å². The van der Waals surface area contributed by atoms with E-state index in [0.29, 0.717) is 11.9 Å². The van der Waals surface area contributed by atoms with Crippen molar-refractivity contribution in [2.45, 2.75) is 32.3 Å². The van der Waals surface area contributed by atoms with Gasteiger partial charge in [-0.25, -0.2) is 4.98 Å². The lowest BCUT2D eigenvalue weighted by Gasteiger charge is -2.19. The van der Waals surface area contributed by atoms with Gasteiger partial charge in [0.05, 0.1) is 11.6 Å². The third-order valence-corrected chi connectivity index (χ3v) is 1.50. The van der Waals surface area contributed by atoms with Crippen LogP contribution in [-0.4, -0.2) is 15.6 Å². The van der Waals surface area contributed by atoms with E-state index in [2.05, 4.69) is 9.97 Å². The Morgan fingerprint density at radius 2 is 2.15 bits per heavy atom. The second-order valence-electron chi connectivity index (χ2n) is 3.68. The van der Waals surface area contributed by atoms with Crippen molar-refractivity contribution in [2.75, 3.05) is 0 Å². The van der Waals surface area contributed by atoms with Crippen molar-refractivity contribution in [2.24, 2.45) is 0 Å². The molecule has 3 nitrogen and oxygen atoms in total. The monoisotopic (exact) mass is 200 g/mol. The van der Waals surface area contributed by atoms with Gasteiger partial charge in [0.2, 0.25) is 0 Å². The third-order valence-electron chi connectivity index (χ3n) is 1.23. The molecule has 1 rings (SSSR count). The number of nitrogens with zero attached hydrogens (tertiary/aromatic N) is 2. The van der Waals surface area contributed by atoms with E-state index in [1.165, 1.54) is 0 Å². The first-order chi connectivity index (χ1) is 6.01. The number of halogens is 1. The quantitative estimate of drug-likeness (QED) is 0.688. The summed E-state index contributed by atoms with van der Waals surface area (Å²) in [6.07, 6.45) is 1.64. The van der Waals surface area contributed by atoms with Gasteiger partial charge in [0.25, 0.3) is 0 Å². The van der Waals surface area contributed by atoms with E-state index in [1.54, 1.807) is 12.3 Å². The van der Waals surface area contributed by atoms with Crippen LogP contribution in [0.5, 0.6) is 6.01 Å². The normalized spacial score (nSPS) is 11.4. The van der Waals surface area contributed by atoms with Crippen molar-refractivity contribution in [1.29, 1.82) is 0 Å². The molecule has 0 bridgehead atoms. The van der Waals surface area contributed by atoms with E-state index >= 15 is 0 Å². The minimum absolute atomic E-state index is 0.273. The molecule has 0 fully saturated rings. The first-order valence-electron chi connectivity index (χ1n) is 4.08. The topological polar surface area (TPSA) is 35.0 Å². The number of alkyl halides is 1. The fraction of sp³-hybridized carbons (Fsp3) is 0.556. The molecule has 0 aliphatic carbocycles. The van der Waals surface area contributed by atoms with Crippen molar-refractivity contribution in [3.63, 3.8) is 0 Å². The summed E-state index contributed by atoms with van der Waals surface area (Å²) in [5.74, 6) is 0.378. The molecule has 0 N–H and O–H groups in total. The minimum Gasteiger partial charge on any atom is -0.458 e. The van der Waals surface area contributed by atoms with Gasteiger partial charge in [-0.15, -0.1) is 11.6 Å². The average molecular weight is 201 g/mol. The molecule has 0 aromatic carbocycles. The van der Waals surface area contributed by atoms with Crippen molar-refractivity contribution in [3.05, 3.63) is 18.0 Å². The van der Waals surface area contributed by atoms with Crippen LogP contribution in [-0.2, 0) is 5.88 Å². The molecule has 4 heteroatoms. The zero-order chi connectivity index (χ0) is 9.90. The fourth-order valence-electron chi connectivity index (χ4n) is 0.774. The summed E-state index contributed by atoms with van der Waals surface area (Å²) >= 11 is 5.62. The van der Waals surface area contributed by atoms with E-state index in [-0.39, 0.29) is 5.60 Å². The maximum atomic E-state index is 5.62. The summed E-state index contributed by atoms with van der Waals surface area (Å²) in [6.45, 7) is 5.84. The summed E-state index contributed by atoms with van der Waals surface area (Å²) in [7, 11) is 0. The lowest BCUT2D eigenvalue weighted by Crippen LogP contribution is -2.24. The molecule has 1 aromatic rings. The van der Waals surface area contributed by atoms with Gasteiger partial charge in [-0.1, -0.05) is 0 Å². The Morgan fingerprint density at radius 1 is 1.46 bits per heavy atom. The lowest BCUT2D eigenvalue weighted by molar-refractivity contribution is 0.116. The summed E-state index contributed by atoms with van der Waals surface area (Å²) in [4.78, 5) is 8.09. The fourth-order valence-corrected chi connectivity index (χ4v) is 0.922. The standard InChI is InChI=1S/C9H13ClN2O/c1-9(2,3)13-8-11-5-4-7(6-10)12-8/h4-5H,6H2,1-3H3. The average Bonchev–Trinajstić information content (AvgIpc) is 2.01. The molecule has 0 spiro atoms. The van der Waals surface area contributed by atoms with Crippen molar-refractivity contribution < 1.29 is 4.74 Å².